The molecule has 0 bridgehead atoms. The predicted octanol–water partition coefficient (Wildman–Crippen LogP) is 1.55. The van der Waals surface area contributed by atoms with Crippen LogP contribution in [-0.2, 0) is 9.53 Å². The number of carbonyl (C=O) groups is 3. The number of nitrogens with one attached hydrogen (secondary N) is 1. The fraction of sp³-hybridized carbons (Fsp3) is 0.308. The second kappa shape index (κ2) is 7.22. The van der Waals surface area contributed by atoms with Gasteiger partial charge in [0.2, 0.25) is 0 Å². The van der Waals surface area contributed by atoms with Gasteiger partial charge in [0.25, 0.3) is 0 Å². The van der Waals surface area contributed by atoms with Crippen molar-refractivity contribution in [1.29, 1.82) is 0 Å². The first-order valence-corrected chi connectivity index (χ1v) is 5.97. The van der Waals surface area contributed by atoms with E-state index in [-0.39, 0.29) is 24.2 Å². The highest BCUT2D eigenvalue weighted by atomic mass is 19.1. The van der Waals surface area contributed by atoms with Crippen LogP contribution in [0.25, 0.3) is 0 Å². The van der Waals surface area contributed by atoms with Crippen molar-refractivity contribution in [3.8, 4) is 0 Å². The molecule has 1 rings (SSSR count). The summed E-state index contributed by atoms with van der Waals surface area (Å²) in [7, 11) is 2.49. The Morgan fingerprint density at radius 1 is 1.38 bits per heavy atom. The van der Waals surface area contributed by atoms with Gasteiger partial charge >= 0.3 is 18.0 Å². The highest BCUT2D eigenvalue weighted by Crippen LogP contribution is 2.19. The fourth-order valence-corrected chi connectivity index (χ4v) is 1.47. The maximum atomic E-state index is 14.0. The number of ether oxygens (including phenoxy) is 1. The van der Waals surface area contributed by atoms with Crippen molar-refractivity contribution in [2.75, 3.05) is 26.0 Å². The van der Waals surface area contributed by atoms with Crippen LogP contribution in [0.5, 0.6) is 0 Å². The summed E-state index contributed by atoms with van der Waals surface area (Å²) in [5.41, 5.74) is -0.492. The van der Waals surface area contributed by atoms with E-state index in [9.17, 15) is 18.8 Å². The third kappa shape index (κ3) is 4.44. The minimum atomic E-state index is -1.05. The molecule has 114 valence electrons. The van der Waals surface area contributed by atoms with Gasteiger partial charge in [-0.05, 0) is 12.1 Å². The lowest BCUT2D eigenvalue weighted by atomic mass is 10.2. The Morgan fingerprint density at radius 2 is 2.05 bits per heavy atom. The number of hydrogen-bond donors (Lipinski definition) is 2. The number of esters is 1. The number of anilines is 1. The molecule has 0 spiro atoms. The molecular formula is C13H15FN2O5. The monoisotopic (exact) mass is 298 g/mol. The Bertz CT molecular complexity index is 561. The van der Waals surface area contributed by atoms with Crippen LogP contribution in [0, 0.1) is 5.82 Å². The molecule has 0 aromatic heterocycles. The van der Waals surface area contributed by atoms with Gasteiger partial charge in [-0.1, -0.05) is 6.07 Å². The van der Waals surface area contributed by atoms with E-state index in [1.54, 1.807) is 0 Å². The molecule has 2 N–H and O–H groups in total. The van der Waals surface area contributed by atoms with Gasteiger partial charge in [0.15, 0.2) is 5.82 Å². The van der Waals surface area contributed by atoms with Gasteiger partial charge in [0, 0.05) is 13.6 Å². The quantitative estimate of drug-likeness (QED) is 0.804. The van der Waals surface area contributed by atoms with E-state index >= 15 is 0 Å². The molecule has 0 saturated carbocycles. The average Bonchev–Trinajstić information content (AvgIpc) is 2.45. The van der Waals surface area contributed by atoms with Crippen LogP contribution >= 0.6 is 0 Å². The molecule has 0 fully saturated rings. The summed E-state index contributed by atoms with van der Waals surface area (Å²) in [6.07, 6.45) is -0.228. The van der Waals surface area contributed by atoms with Gasteiger partial charge in [-0.25, -0.2) is 14.0 Å². The third-order valence-corrected chi connectivity index (χ3v) is 2.65. The van der Waals surface area contributed by atoms with E-state index in [0.717, 1.165) is 12.0 Å². The second-order valence-electron chi connectivity index (χ2n) is 4.15. The largest absolute Gasteiger partial charge is 0.481 e. The standard InChI is InChI=1S/C13H15FN2O5/c1-16(7-6-10(17)18)13(20)15-9-5-3-4-8(11(9)14)12(19)21-2/h3-5H,6-7H2,1-2H3,(H,15,20)(H,17,18). The summed E-state index contributed by atoms with van der Waals surface area (Å²) in [6, 6.07) is 3.22. The number of carboxylic acids is 1. The van der Waals surface area contributed by atoms with Gasteiger partial charge < -0.3 is 20.1 Å². The third-order valence-electron chi connectivity index (χ3n) is 2.65. The molecule has 0 aliphatic heterocycles. The highest BCUT2D eigenvalue weighted by Gasteiger charge is 2.18. The fourth-order valence-electron chi connectivity index (χ4n) is 1.47. The van der Waals surface area contributed by atoms with Gasteiger partial charge in [0.05, 0.1) is 24.8 Å². The molecule has 0 unspecified atom stereocenters. The summed E-state index contributed by atoms with van der Waals surface area (Å²) in [5.74, 6) is -2.82. The van der Waals surface area contributed by atoms with Gasteiger partial charge in [-0.3, -0.25) is 4.79 Å². The summed E-state index contributed by atoms with van der Waals surface area (Å²) in [6.45, 7) is -0.0283. The summed E-state index contributed by atoms with van der Waals surface area (Å²) >= 11 is 0. The minimum absolute atomic E-state index is 0.0283. The first-order valence-electron chi connectivity index (χ1n) is 5.97. The number of hydrogen-bond acceptors (Lipinski definition) is 4. The number of rotatable bonds is 5. The number of urea groups is 1. The number of nitrogens with zero attached hydrogens (tertiary/aromatic N) is 1. The predicted molar refractivity (Wildman–Crippen MR) is 71.6 cm³/mol. The van der Waals surface area contributed by atoms with Crippen LogP contribution in [0.1, 0.15) is 16.8 Å². The molecule has 2 amide bonds. The summed E-state index contributed by atoms with van der Waals surface area (Å²) < 4.78 is 18.4. The highest BCUT2D eigenvalue weighted by molar-refractivity contribution is 5.94. The zero-order valence-corrected chi connectivity index (χ0v) is 11.6. The molecule has 0 heterocycles. The zero-order valence-electron chi connectivity index (χ0n) is 11.6. The Kier molecular flexibility index (Phi) is 5.65. The van der Waals surface area contributed by atoms with E-state index in [1.165, 1.54) is 25.2 Å². The molecule has 1 aromatic rings. The molecule has 0 aliphatic carbocycles. The van der Waals surface area contributed by atoms with Crippen LogP contribution in [0.4, 0.5) is 14.9 Å². The summed E-state index contributed by atoms with van der Waals surface area (Å²) in [5, 5.41) is 10.8. The first kappa shape index (κ1) is 16.4. The van der Waals surface area contributed by atoms with Crippen LogP contribution in [0.3, 0.4) is 0 Å². The van der Waals surface area contributed by atoms with Gasteiger partial charge in [0.1, 0.15) is 0 Å². The molecule has 0 atom stereocenters. The van der Waals surface area contributed by atoms with Crippen LogP contribution in [-0.4, -0.2) is 48.7 Å². The number of benzene rings is 1. The van der Waals surface area contributed by atoms with Crippen LogP contribution < -0.4 is 5.32 Å². The smallest absolute Gasteiger partial charge is 0.340 e. The minimum Gasteiger partial charge on any atom is -0.481 e. The van der Waals surface area contributed by atoms with Crippen molar-refractivity contribution in [2.24, 2.45) is 0 Å². The number of amides is 2. The molecule has 8 heteroatoms. The molecule has 0 radical (unpaired) electrons. The second-order valence-corrected chi connectivity index (χ2v) is 4.15. The summed E-state index contributed by atoms with van der Waals surface area (Å²) in [4.78, 5) is 34.6. The normalized spacial score (nSPS) is 9.86. The van der Waals surface area contributed by atoms with Crippen LogP contribution in [0.2, 0.25) is 0 Å². The van der Waals surface area contributed by atoms with Crippen molar-refractivity contribution in [2.45, 2.75) is 6.42 Å². The molecule has 1 aromatic carbocycles. The Morgan fingerprint density at radius 3 is 2.62 bits per heavy atom. The average molecular weight is 298 g/mol. The van der Waals surface area contributed by atoms with Crippen LogP contribution in [0.15, 0.2) is 18.2 Å². The van der Waals surface area contributed by atoms with Crippen molar-refractivity contribution < 1.29 is 28.6 Å². The number of halogens is 1. The number of carboxylic acid groups (broad SMARTS) is 1. The lowest BCUT2D eigenvalue weighted by Crippen LogP contribution is -2.33. The van der Waals surface area contributed by atoms with Crippen molar-refractivity contribution in [3.05, 3.63) is 29.6 Å². The molecule has 21 heavy (non-hydrogen) atoms. The Hall–Kier alpha value is -2.64. The molecule has 7 nitrogen and oxygen atoms in total. The number of methoxy groups -OCH3 is 1. The maximum Gasteiger partial charge on any atom is 0.340 e. The van der Waals surface area contributed by atoms with E-state index in [1.807, 2.05) is 0 Å². The Balaban J connectivity index is 2.81. The number of aliphatic carboxylic acids is 1. The number of carbonyl (C=O) groups excluding carboxylic acids is 2. The molecule has 0 saturated heterocycles. The first-order chi connectivity index (χ1) is 9.86. The SMILES string of the molecule is COC(=O)c1cccc(NC(=O)N(C)CCC(=O)O)c1F. The van der Waals surface area contributed by atoms with E-state index in [0.29, 0.717) is 0 Å². The van der Waals surface area contributed by atoms with Gasteiger partial charge in [-0.15, -0.1) is 0 Å². The molecular weight excluding hydrogens is 283 g/mol. The topological polar surface area (TPSA) is 95.9 Å². The molecule has 0 aliphatic rings. The lowest BCUT2D eigenvalue weighted by molar-refractivity contribution is -0.137. The van der Waals surface area contributed by atoms with E-state index < -0.39 is 23.8 Å². The lowest BCUT2D eigenvalue weighted by Gasteiger charge is -2.17. The van der Waals surface area contributed by atoms with Crippen molar-refractivity contribution >= 4 is 23.7 Å². The maximum absolute atomic E-state index is 14.0. The van der Waals surface area contributed by atoms with Gasteiger partial charge in [-0.2, -0.15) is 0 Å². The zero-order chi connectivity index (χ0) is 16.0. The Labute approximate surface area is 120 Å². The van der Waals surface area contributed by atoms with E-state index in [4.69, 9.17) is 5.11 Å². The van der Waals surface area contributed by atoms with Crippen molar-refractivity contribution in [3.63, 3.8) is 0 Å². The van der Waals surface area contributed by atoms with Crippen molar-refractivity contribution in [1.82, 2.24) is 4.90 Å². The van der Waals surface area contributed by atoms with E-state index in [2.05, 4.69) is 10.1 Å².